The third-order valence-electron chi connectivity index (χ3n) is 2.14. The summed E-state index contributed by atoms with van der Waals surface area (Å²) in [4.78, 5) is 0. The first-order valence-electron chi connectivity index (χ1n) is 5.63. The molecule has 1 N–H and O–H groups in total. The average molecular weight is 244 g/mol. The predicted molar refractivity (Wildman–Crippen MR) is 61.7 cm³/mol. The molecular formula is C11H20N2O4. The Hall–Kier alpha value is -0.950. The summed E-state index contributed by atoms with van der Waals surface area (Å²) in [6.07, 6.45) is 3.45. The number of aliphatic hydroxyl groups is 1. The van der Waals surface area contributed by atoms with E-state index in [2.05, 4.69) is 5.10 Å². The number of ether oxygens (including phenoxy) is 3. The SMILES string of the molecule is COCCOCCOCCn1cc(CO)cn1. The van der Waals surface area contributed by atoms with Crippen molar-refractivity contribution in [3.05, 3.63) is 18.0 Å². The maximum absolute atomic E-state index is 8.85. The molecule has 6 nitrogen and oxygen atoms in total. The van der Waals surface area contributed by atoms with E-state index in [1.165, 1.54) is 0 Å². The van der Waals surface area contributed by atoms with E-state index in [1.54, 1.807) is 24.2 Å². The summed E-state index contributed by atoms with van der Waals surface area (Å²) < 4.78 is 17.2. The van der Waals surface area contributed by atoms with Gasteiger partial charge in [-0.05, 0) is 0 Å². The Labute approximate surface area is 101 Å². The van der Waals surface area contributed by atoms with Gasteiger partial charge in [0.25, 0.3) is 0 Å². The van der Waals surface area contributed by atoms with E-state index in [4.69, 9.17) is 19.3 Å². The third kappa shape index (κ3) is 6.38. The van der Waals surface area contributed by atoms with Crippen LogP contribution in [-0.2, 0) is 27.4 Å². The standard InChI is InChI=1S/C11H20N2O4/c1-15-4-5-17-7-6-16-3-2-13-9-11(10-14)8-12-13/h8-9,14H,2-7,10H2,1H3. The van der Waals surface area contributed by atoms with Crippen molar-refractivity contribution in [2.24, 2.45) is 0 Å². The van der Waals surface area contributed by atoms with E-state index in [0.717, 1.165) is 5.56 Å². The molecule has 0 radical (unpaired) electrons. The van der Waals surface area contributed by atoms with Gasteiger partial charge in [-0.15, -0.1) is 0 Å². The predicted octanol–water partition coefficient (Wildman–Crippen LogP) is 0.0550. The second kappa shape index (κ2) is 9.12. The molecule has 0 spiro atoms. The van der Waals surface area contributed by atoms with Crippen LogP contribution in [0.15, 0.2) is 12.4 Å². The first-order chi connectivity index (χ1) is 8.36. The summed E-state index contributed by atoms with van der Waals surface area (Å²) in [7, 11) is 1.64. The first kappa shape index (κ1) is 14.1. The molecule has 0 amide bonds. The second-order valence-corrected chi connectivity index (χ2v) is 3.49. The van der Waals surface area contributed by atoms with E-state index in [9.17, 15) is 0 Å². The van der Waals surface area contributed by atoms with Crippen molar-refractivity contribution in [3.8, 4) is 0 Å². The summed E-state index contributed by atoms with van der Waals surface area (Å²) in [5, 5.41) is 12.9. The van der Waals surface area contributed by atoms with Gasteiger partial charge in [0.05, 0.1) is 52.4 Å². The van der Waals surface area contributed by atoms with Crippen LogP contribution in [0.5, 0.6) is 0 Å². The topological polar surface area (TPSA) is 65.7 Å². The van der Waals surface area contributed by atoms with Gasteiger partial charge in [-0.3, -0.25) is 4.68 Å². The zero-order valence-corrected chi connectivity index (χ0v) is 10.2. The molecule has 0 aliphatic carbocycles. The highest BCUT2D eigenvalue weighted by molar-refractivity contribution is 5.01. The summed E-state index contributed by atoms with van der Waals surface area (Å²) in [5.41, 5.74) is 0.813. The van der Waals surface area contributed by atoms with Crippen molar-refractivity contribution in [2.45, 2.75) is 13.2 Å². The van der Waals surface area contributed by atoms with Gasteiger partial charge in [0.1, 0.15) is 0 Å². The molecule has 0 aromatic carbocycles. The van der Waals surface area contributed by atoms with E-state index in [0.29, 0.717) is 39.6 Å². The van der Waals surface area contributed by atoms with Gasteiger partial charge in [0, 0.05) is 18.9 Å². The van der Waals surface area contributed by atoms with E-state index < -0.39 is 0 Å². The van der Waals surface area contributed by atoms with Gasteiger partial charge in [-0.1, -0.05) is 0 Å². The lowest BCUT2D eigenvalue weighted by atomic mass is 10.4. The van der Waals surface area contributed by atoms with Crippen LogP contribution >= 0.6 is 0 Å². The molecule has 0 saturated carbocycles. The molecule has 1 rings (SSSR count). The highest BCUT2D eigenvalue weighted by atomic mass is 16.5. The highest BCUT2D eigenvalue weighted by Crippen LogP contribution is 1.96. The smallest absolute Gasteiger partial charge is 0.0712 e. The van der Waals surface area contributed by atoms with Crippen LogP contribution in [0.4, 0.5) is 0 Å². The number of nitrogens with zero attached hydrogens (tertiary/aromatic N) is 2. The fourth-order valence-corrected chi connectivity index (χ4v) is 1.23. The largest absolute Gasteiger partial charge is 0.392 e. The average Bonchev–Trinajstić information content (AvgIpc) is 2.80. The first-order valence-corrected chi connectivity index (χ1v) is 5.63. The molecular weight excluding hydrogens is 224 g/mol. The normalized spacial score (nSPS) is 10.9. The Balaban J connectivity index is 1.93. The molecule has 0 unspecified atom stereocenters. The van der Waals surface area contributed by atoms with Gasteiger partial charge in [-0.25, -0.2) is 0 Å². The fraction of sp³-hybridized carbons (Fsp3) is 0.727. The molecule has 0 saturated heterocycles. The molecule has 1 aromatic rings. The third-order valence-corrected chi connectivity index (χ3v) is 2.14. The van der Waals surface area contributed by atoms with Crippen LogP contribution in [0.3, 0.4) is 0 Å². The zero-order chi connectivity index (χ0) is 12.3. The molecule has 98 valence electrons. The van der Waals surface area contributed by atoms with Crippen LogP contribution in [0, 0.1) is 0 Å². The number of hydrogen-bond acceptors (Lipinski definition) is 5. The number of methoxy groups -OCH3 is 1. The lowest BCUT2D eigenvalue weighted by Crippen LogP contribution is -2.11. The lowest BCUT2D eigenvalue weighted by molar-refractivity contribution is 0.0225. The number of rotatable bonds is 10. The van der Waals surface area contributed by atoms with Crippen LogP contribution in [-0.4, -0.2) is 55.0 Å². The molecule has 0 atom stereocenters. The zero-order valence-electron chi connectivity index (χ0n) is 10.2. The summed E-state index contributed by atoms with van der Waals surface area (Å²) >= 11 is 0. The highest BCUT2D eigenvalue weighted by Gasteiger charge is 1.96. The van der Waals surface area contributed by atoms with Crippen molar-refractivity contribution >= 4 is 0 Å². The summed E-state index contributed by atoms with van der Waals surface area (Å²) in [6.45, 7) is 3.63. The molecule has 17 heavy (non-hydrogen) atoms. The van der Waals surface area contributed by atoms with Crippen LogP contribution in [0.2, 0.25) is 0 Å². The van der Waals surface area contributed by atoms with Gasteiger partial charge in [-0.2, -0.15) is 5.10 Å². The molecule has 0 fully saturated rings. The molecule has 1 aromatic heterocycles. The fourth-order valence-electron chi connectivity index (χ4n) is 1.23. The van der Waals surface area contributed by atoms with E-state index in [-0.39, 0.29) is 6.61 Å². The van der Waals surface area contributed by atoms with Crippen LogP contribution < -0.4 is 0 Å². The minimum atomic E-state index is 0.0220. The second-order valence-electron chi connectivity index (χ2n) is 3.49. The Kier molecular flexibility index (Phi) is 7.57. The molecule has 0 bridgehead atoms. The number of hydrogen-bond donors (Lipinski definition) is 1. The Morgan fingerprint density at radius 1 is 1.18 bits per heavy atom. The molecule has 0 aliphatic rings. The Morgan fingerprint density at radius 3 is 2.53 bits per heavy atom. The molecule has 1 heterocycles. The number of aromatic nitrogens is 2. The summed E-state index contributed by atoms with van der Waals surface area (Å²) in [5.74, 6) is 0. The minimum Gasteiger partial charge on any atom is -0.392 e. The van der Waals surface area contributed by atoms with Gasteiger partial charge < -0.3 is 19.3 Å². The van der Waals surface area contributed by atoms with E-state index >= 15 is 0 Å². The van der Waals surface area contributed by atoms with Gasteiger partial charge in [0.2, 0.25) is 0 Å². The lowest BCUT2D eigenvalue weighted by Gasteiger charge is -2.05. The summed E-state index contributed by atoms with van der Waals surface area (Å²) in [6, 6.07) is 0. The van der Waals surface area contributed by atoms with Crippen molar-refractivity contribution in [2.75, 3.05) is 40.1 Å². The van der Waals surface area contributed by atoms with Crippen LogP contribution in [0.25, 0.3) is 0 Å². The maximum atomic E-state index is 8.85. The van der Waals surface area contributed by atoms with Crippen molar-refractivity contribution in [1.29, 1.82) is 0 Å². The Bertz CT molecular complexity index is 291. The molecule has 0 aliphatic heterocycles. The van der Waals surface area contributed by atoms with E-state index in [1.807, 2.05) is 0 Å². The Morgan fingerprint density at radius 2 is 1.88 bits per heavy atom. The van der Waals surface area contributed by atoms with Crippen molar-refractivity contribution in [3.63, 3.8) is 0 Å². The van der Waals surface area contributed by atoms with Crippen LogP contribution in [0.1, 0.15) is 5.56 Å². The molecule has 6 heteroatoms. The number of aliphatic hydroxyl groups excluding tert-OH is 1. The quantitative estimate of drug-likeness (QED) is 0.589. The van der Waals surface area contributed by atoms with Crippen molar-refractivity contribution < 1.29 is 19.3 Å². The van der Waals surface area contributed by atoms with Gasteiger partial charge >= 0.3 is 0 Å². The van der Waals surface area contributed by atoms with Gasteiger partial charge in [0.15, 0.2) is 0 Å². The maximum Gasteiger partial charge on any atom is 0.0712 e. The monoisotopic (exact) mass is 244 g/mol. The van der Waals surface area contributed by atoms with Crippen molar-refractivity contribution in [1.82, 2.24) is 9.78 Å². The minimum absolute atomic E-state index is 0.0220.